The average molecular weight is 311 g/mol. The molecule has 1 N–H and O–H groups in total. The quantitative estimate of drug-likeness (QED) is 0.628. The van der Waals surface area contributed by atoms with Crippen molar-refractivity contribution in [3.63, 3.8) is 0 Å². The third kappa shape index (κ3) is 7.31. The van der Waals surface area contributed by atoms with Gasteiger partial charge in [-0.1, -0.05) is 41.5 Å². The Kier molecular flexibility index (Phi) is 8.47. The third-order valence-electron chi connectivity index (χ3n) is 2.19. The van der Waals surface area contributed by atoms with Gasteiger partial charge < -0.3 is 0 Å². The van der Waals surface area contributed by atoms with Crippen LogP contribution in [0, 0.1) is 0 Å². The highest BCUT2D eigenvalue weighted by molar-refractivity contribution is 8.68. The molecule has 0 atom stereocenters. The van der Waals surface area contributed by atoms with Crippen LogP contribution in [0.2, 0.25) is 5.02 Å². The molecule has 0 bridgehead atoms. The van der Waals surface area contributed by atoms with E-state index in [9.17, 15) is 0 Å². The van der Waals surface area contributed by atoms with Crippen molar-refractivity contribution < 1.29 is 4.98 Å². The zero-order chi connectivity index (χ0) is 13.9. The fourth-order valence-electron chi connectivity index (χ4n) is 1.27. The van der Waals surface area contributed by atoms with E-state index in [1.54, 1.807) is 10.8 Å². The molecule has 1 aromatic carbocycles. The lowest BCUT2D eigenvalue weighted by Gasteiger charge is -1.92. The van der Waals surface area contributed by atoms with E-state index in [-0.39, 0.29) is 0 Å². The summed E-state index contributed by atoms with van der Waals surface area (Å²) in [7, 11) is 1.55. The van der Waals surface area contributed by atoms with Crippen molar-refractivity contribution in [2.24, 2.45) is 0 Å². The molecule has 0 aliphatic heterocycles. The van der Waals surface area contributed by atoms with E-state index in [2.05, 4.69) is 23.6 Å². The summed E-state index contributed by atoms with van der Waals surface area (Å²) in [5.41, 5.74) is 2.21. The second-order valence-electron chi connectivity index (χ2n) is 3.62. The van der Waals surface area contributed by atoms with Crippen molar-refractivity contribution in [3.8, 4) is 0 Å². The molecular formula is C15H17ClNS2+. The van der Waals surface area contributed by atoms with Crippen LogP contribution in [0.25, 0.3) is 12.2 Å². The van der Waals surface area contributed by atoms with Gasteiger partial charge in [-0.3, -0.25) is 0 Å². The summed E-state index contributed by atoms with van der Waals surface area (Å²) in [6.07, 6.45) is 5.98. The highest BCUT2D eigenvalue weighted by atomic mass is 35.5. The summed E-state index contributed by atoms with van der Waals surface area (Å²) < 4.78 is 0. The van der Waals surface area contributed by atoms with Crippen molar-refractivity contribution in [2.45, 2.75) is 6.92 Å². The van der Waals surface area contributed by atoms with Crippen LogP contribution in [0.15, 0.2) is 48.7 Å². The topological polar surface area (TPSA) is 14.1 Å². The van der Waals surface area contributed by atoms with Crippen molar-refractivity contribution in [3.05, 3.63) is 64.9 Å². The number of pyridine rings is 1. The summed E-state index contributed by atoms with van der Waals surface area (Å²) in [4.78, 5) is 3.14. The first-order chi connectivity index (χ1) is 9.26. The molecule has 0 saturated heterocycles. The van der Waals surface area contributed by atoms with Gasteiger partial charge in [-0.05, 0) is 29.8 Å². The highest BCUT2D eigenvalue weighted by Crippen LogP contribution is 2.11. The van der Waals surface area contributed by atoms with Gasteiger partial charge in [0.2, 0.25) is 5.69 Å². The van der Waals surface area contributed by atoms with Gasteiger partial charge >= 0.3 is 0 Å². The van der Waals surface area contributed by atoms with Crippen molar-refractivity contribution in [2.75, 3.05) is 5.75 Å². The SMILES string of the molecule is CCSS.Clc1ccc(/C=C/c2cccc[nH+]2)cc1. The van der Waals surface area contributed by atoms with Crippen LogP contribution in [0.5, 0.6) is 0 Å². The Morgan fingerprint density at radius 1 is 1.16 bits per heavy atom. The maximum absolute atomic E-state index is 5.80. The Bertz CT molecular complexity index is 481. The number of benzene rings is 1. The molecule has 0 radical (unpaired) electrons. The van der Waals surface area contributed by atoms with E-state index in [0.29, 0.717) is 0 Å². The number of H-pyrrole nitrogens is 1. The van der Waals surface area contributed by atoms with E-state index >= 15 is 0 Å². The maximum Gasteiger partial charge on any atom is 0.203 e. The Labute approximate surface area is 128 Å². The highest BCUT2D eigenvalue weighted by Gasteiger charge is 1.92. The lowest BCUT2D eigenvalue weighted by atomic mass is 10.2. The first-order valence-electron chi connectivity index (χ1n) is 5.93. The molecule has 1 nitrogen and oxygen atoms in total. The molecule has 19 heavy (non-hydrogen) atoms. The molecule has 100 valence electrons. The van der Waals surface area contributed by atoms with Crippen molar-refractivity contribution in [1.29, 1.82) is 0 Å². The fourth-order valence-corrected chi connectivity index (χ4v) is 1.40. The zero-order valence-corrected chi connectivity index (χ0v) is 13.2. The van der Waals surface area contributed by atoms with Crippen LogP contribution in [0.1, 0.15) is 18.2 Å². The zero-order valence-electron chi connectivity index (χ0n) is 10.7. The number of thiol groups is 1. The Hall–Kier alpha value is -0.900. The summed E-state index contributed by atoms with van der Waals surface area (Å²) in [6, 6.07) is 13.7. The molecule has 0 unspecified atom stereocenters. The van der Waals surface area contributed by atoms with Crippen LogP contribution < -0.4 is 4.98 Å². The molecule has 0 spiro atoms. The fraction of sp³-hybridized carbons (Fsp3) is 0.133. The lowest BCUT2D eigenvalue weighted by molar-refractivity contribution is -0.380. The number of nitrogens with one attached hydrogen (secondary N) is 1. The van der Waals surface area contributed by atoms with Crippen LogP contribution in [-0.4, -0.2) is 5.75 Å². The first-order valence-corrected chi connectivity index (χ1v) is 8.34. The molecule has 0 aliphatic carbocycles. The second-order valence-corrected chi connectivity index (χ2v) is 5.67. The minimum absolute atomic E-state index is 0.762. The van der Waals surface area contributed by atoms with E-state index in [1.807, 2.05) is 60.8 Å². The van der Waals surface area contributed by atoms with E-state index in [1.165, 1.54) is 0 Å². The van der Waals surface area contributed by atoms with Gasteiger partial charge in [0.15, 0.2) is 6.20 Å². The predicted molar refractivity (Wildman–Crippen MR) is 90.5 cm³/mol. The number of rotatable bonds is 3. The molecule has 0 saturated carbocycles. The molecule has 0 aliphatic rings. The predicted octanol–water partition coefficient (Wildman–Crippen LogP) is 4.91. The number of hydrogen-bond acceptors (Lipinski definition) is 2. The Morgan fingerprint density at radius 2 is 1.84 bits per heavy atom. The third-order valence-corrected chi connectivity index (χ3v) is 3.47. The largest absolute Gasteiger partial charge is 0.212 e. The molecular weight excluding hydrogens is 294 g/mol. The van der Waals surface area contributed by atoms with Crippen LogP contribution in [0.4, 0.5) is 0 Å². The van der Waals surface area contributed by atoms with E-state index in [0.717, 1.165) is 22.0 Å². The number of aromatic nitrogens is 1. The smallest absolute Gasteiger partial charge is 0.203 e. The van der Waals surface area contributed by atoms with E-state index < -0.39 is 0 Å². The monoisotopic (exact) mass is 310 g/mol. The molecule has 4 heteroatoms. The molecule has 0 amide bonds. The normalized spacial score (nSPS) is 10.1. The molecule has 2 rings (SSSR count). The minimum atomic E-state index is 0.762. The van der Waals surface area contributed by atoms with Gasteiger partial charge in [0.05, 0.1) is 0 Å². The number of hydrogen-bond donors (Lipinski definition) is 1. The van der Waals surface area contributed by atoms with Gasteiger partial charge in [-0.25, -0.2) is 4.98 Å². The minimum Gasteiger partial charge on any atom is -0.212 e. The maximum atomic E-state index is 5.80. The molecule has 0 fully saturated rings. The Balaban J connectivity index is 0.000000399. The summed E-state index contributed by atoms with van der Waals surface area (Å²) in [5.74, 6) is 1.10. The van der Waals surface area contributed by atoms with Gasteiger partial charge in [0, 0.05) is 29.0 Å². The first kappa shape index (κ1) is 16.2. The van der Waals surface area contributed by atoms with Gasteiger partial charge in [0.1, 0.15) is 0 Å². The summed E-state index contributed by atoms with van der Waals surface area (Å²) >= 11 is 9.64. The summed E-state index contributed by atoms with van der Waals surface area (Å²) in [5, 5.41) is 0.762. The molecule has 1 aromatic heterocycles. The molecule has 2 aromatic rings. The van der Waals surface area contributed by atoms with E-state index in [4.69, 9.17) is 11.6 Å². The van der Waals surface area contributed by atoms with Crippen LogP contribution in [-0.2, 0) is 0 Å². The number of halogens is 1. The lowest BCUT2D eigenvalue weighted by Crippen LogP contribution is -2.03. The average Bonchev–Trinajstić information content (AvgIpc) is 2.48. The van der Waals surface area contributed by atoms with Gasteiger partial charge in [0.25, 0.3) is 0 Å². The van der Waals surface area contributed by atoms with Crippen molar-refractivity contribution >= 4 is 46.2 Å². The van der Waals surface area contributed by atoms with Crippen LogP contribution in [0.3, 0.4) is 0 Å². The Morgan fingerprint density at radius 3 is 2.37 bits per heavy atom. The molecule has 1 heterocycles. The summed E-state index contributed by atoms with van der Waals surface area (Å²) in [6.45, 7) is 2.07. The van der Waals surface area contributed by atoms with Gasteiger partial charge in [-0.2, -0.15) is 0 Å². The van der Waals surface area contributed by atoms with Crippen molar-refractivity contribution in [1.82, 2.24) is 0 Å². The number of aromatic amines is 1. The second kappa shape index (κ2) is 9.96. The van der Waals surface area contributed by atoms with Gasteiger partial charge in [-0.15, -0.1) is 11.7 Å². The van der Waals surface area contributed by atoms with Crippen LogP contribution >= 0.6 is 34.1 Å². The standard InChI is InChI=1S/C13H10ClN.C2H6S2/c14-12-7-4-11(5-8-12)6-9-13-3-1-2-10-15-13;1-2-4-3/h1-10H;3H,2H2,1H3/p+1/b9-6+;.